The molecule has 102 valence electrons. The molecule has 0 fully saturated rings. The fraction of sp³-hybridized carbons (Fsp3) is 0.231. The van der Waals surface area contributed by atoms with E-state index >= 15 is 0 Å². The molecule has 0 aliphatic carbocycles. The number of aliphatic hydroxyl groups is 1. The second-order valence-electron chi connectivity index (χ2n) is 3.62. The van der Waals surface area contributed by atoms with Crippen LogP contribution in [0, 0.1) is 0 Å². The van der Waals surface area contributed by atoms with Gasteiger partial charge in [-0.1, -0.05) is 34.1 Å². The Morgan fingerprint density at radius 2 is 2.16 bits per heavy atom. The van der Waals surface area contributed by atoms with E-state index in [1.807, 2.05) is 24.3 Å². The molecule has 6 heteroatoms. The molecule has 5 nitrogen and oxygen atoms in total. The zero-order valence-electron chi connectivity index (χ0n) is 10.3. The van der Waals surface area contributed by atoms with Crippen LogP contribution in [0.2, 0.25) is 0 Å². The topological polar surface area (TPSA) is 75.6 Å². The maximum absolute atomic E-state index is 11.6. The summed E-state index contributed by atoms with van der Waals surface area (Å²) in [6.07, 6.45) is 2.89. The SMILES string of the molecule is COC(=O)C(CO)NC(=O)/C=C/c1ccccc1Br. The molecule has 0 saturated carbocycles. The van der Waals surface area contributed by atoms with Gasteiger partial charge in [-0.25, -0.2) is 4.79 Å². The summed E-state index contributed by atoms with van der Waals surface area (Å²) in [5.41, 5.74) is 0.830. The molecule has 1 aromatic rings. The van der Waals surface area contributed by atoms with Crippen molar-refractivity contribution in [1.29, 1.82) is 0 Å². The Bertz CT molecular complexity index is 487. The van der Waals surface area contributed by atoms with Gasteiger partial charge in [0.05, 0.1) is 13.7 Å². The van der Waals surface area contributed by atoms with Gasteiger partial charge < -0.3 is 15.2 Å². The Morgan fingerprint density at radius 3 is 2.74 bits per heavy atom. The first-order chi connectivity index (χ1) is 9.08. The summed E-state index contributed by atoms with van der Waals surface area (Å²) in [6, 6.07) is 6.33. The lowest BCUT2D eigenvalue weighted by Gasteiger charge is -2.11. The smallest absolute Gasteiger partial charge is 0.330 e. The van der Waals surface area contributed by atoms with Gasteiger partial charge in [-0.05, 0) is 17.7 Å². The van der Waals surface area contributed by atoms with E-state index in [4.69, 9.17) is 5.11 Å². The highest BCUT2D eigenvalue weighted by atomic mass is 79.9. The van der Waals surface area contributed by atoms with Crippen molar-refractivity contribution in [2.75, 3.05) is 13.7 Å². The molecule has 0 aromatic heterocycles. The second kappa shape index (κ2) is 7.70. The first-order valence-electron chi connectivity index (χ1n) is 5.50. The van der Waals surface area contributed by atoms with Crippen LogP contribution in [0.25, 0.3) is 6.08 Å². The van der Waals surface area contributed by atoms with E-state index in [1.54, 1.807) is 6.08 Å². The maximum atomic E-state index is 11.6. The van der Waals surface area contributed by atoms with Crippen LogP contribution in [0.3, 0.4) is 0 Å². The van der Waals surface area contributed by atoms with Crippen molar-refractivity contribution in [1.82, 2.24) is 5.32 Å². The van der Waals surface area contributed by atoms with Gasteiger partial charge >= 0.3 is 5.97 Å². The van der Waals surface area contributed by atoms with Crippen LogP contribution >= 0.6 is 15.9 Å². The zero-order valence-corrected chi connectivity index (χ0v) is 11.9. The van der Waals surface area contributed by atoms with Gasteiger partial charge in [-0.2, -0.15) is 0 Å². The van der Waals surface area contributed by atoms with Crippen molar-refractivity contribution in [2.45, 2.75) is 6.04 Å². The van der Waals surface area contributed by atoms with Crippen LogP contribution in [0.1, 0.15) is 5.56 Å². The average Bonchev–Trinajstić information content (AvgIpc) is 2.43. The number of hydrogen-bond acceptors (Lipinski definition) is 4. The lowest BCUT2D eigenvalue weighted by Crippen LogP contribution is -2.43. The third-order valence-electron chi connectivity index (χ3n) is 2.30. The summed E-state index contributed by atoms with van der Waals surface area (Å²) in [6.45, 7) is -0.513. The average molecular weight is 328 g/mol. The second-order valence-corrected chi connectivity index (χ2v) is 4.48. The van der Waals surface area contributed by atoms with Crippen LogP contribution in [-0.2, 0) is 14.3 Å². The first-order valence-corrected chi connectivity index (χ1v) is 6.29. The molecule has 0 saturated heterocycles. The Balaban J connectivity index is 2.65. The molecule has 1 rings (SSSR count). The molecule has 1 amide bonds. The third-order valence-corrected chi connectivity index (χ3v) is 3.03. The van der Waals surface area contributed by atoms with Crippen molar-refractivity contribution >= 4 is 33.9 Å². The van der Waals surface area contributed by atoms with Gasteiger partial charge in [-0.15, -0.1) is 0 Å². The minimum Gasteiger partial charge on any atom is -0.467 e. The van der Waals surface area contributed by atoms with Gasteiger partial charge in [0.1, 0.15) is 0 Å². The molecule has 19 heavy (non-hydrogen) atoms. The number of benzene rings is 1. The van der Waals surface area contributed by atoms with Crippen LogP contribution in [-0.4, -0.2) is 36.7 Å². The molecule has 2 N–H and O–H groups in total. The standard InChI is InChI=1S/C13H14BrNO4/c1-19-13(18)11(8-16)15-12(17)7-6-9-4-2-3-5-10(9)14/h2-7,11,16H,8H2,1H3,(H,15,17)/b7-6+. The number of methoxy groups -OCH3 is 1. The molecule has 1 atom stereocenters. The monoisotopic (exact) mass is 327 g/mol. The molecule has 1 unspecified atom stereocenters. The fourth-order valence-electron chi connectivity index (χ4n) is 1.32. The molecule has 0 heterocycles. The number of carbonyl (C=O) groups excluding carboxylic acids is 2. The molecule has 0 aliphatic heterocycles. The molecular formula is C13H14BrNO4. The fourth-order valence-corrected chi connectivity index (χ4v) is 1.73. The van der Waals surface area contributed by atoms with E-state index in [9.17, 15) is 9.59 Å². The molecule has 1 aromatic carbocycles. The summed E-state index contributed by atoms with van der Waals surface area (Å²) in [5.74, 6) is -1.18. The minimum atomic E-state index is -1.05. The van der Waals surface area contributed by atoms with Gasteiger partial charge in [0, 0.05) is 10.5 Å². The minimum absolute atomic E-state index is 0.486. The van der Waals surface area contributed by atoms with E-state index in [1.165, 1.54) is 13.2 Å². The Morgan fingerprint density at radius 1 is 1.47 bits per heavy atom. The van der Waals surface area contributed by atoms with Gasteiger partial charge in [0.15, 0.2) is 6.04 Å². The van der Waals surface area contributed by atoms with Crippen molar-refractivity contribution in [3.63, 3.8) is 0 Å². The summed E-state index contributed by atoms with van der Waals surface area (Å²) in [4.78, 5) is 22.8. The van der Waals surface area contributed by atoms with Crippen LogP contribution in [0.15, 0.2) is 34.8 Å². The summed E-state index contributed by atoms with van der Waals surface area (Å²) < 4.78 is 5.29. The summed E-state index contributed by atoms with van der Waals surface area (Å²) in [7, 11) is 1.19. The summed E-state index contributed by atoms with van der Waals surface area (Å²) >= 11 is 3.35. The maximum Gasteiger partial charge on any atom is 0.330 e. The predicted octanol–water partition coefficient (Wildman–Crippen LogP) is 1.11. The van der Waals surface area contributed by atoms with E-state index in [2.05, 4.69) is 26.0 Å². The summed E-state index contributed by atoms with van der Waals surface area (Å²) in [5, 5.41) is 11.3. The molecule has 0 spiro atoms. The van der Waals surface area contributed by atoms with Crippen molar-refractivity contribution < 1.29 is 19.4 Å². The molecule has 0 radical (unpaired) electrons. The number of esters is 1. The van der Waals surface area contributed by atoms with Crippen molar-refractivity contribution in [3.05, 3.63) is 40.4 Å². The van der Waals surface area contributed by atoms with Gasteiger partial charge in [0.2, 0.25) is 5.91 Å². The largest absolute Gasteiger partial charge is 0.467 e. The number of halogens is 1. The Labute approximate surface area is 119 Å². The number of hydrogen-bond donors (Lipinski definition) is 2. The highest BCUT2D eigenvalue weighted by Gasteiger charge is 2.18. The molecule has 0 bridgehead atoms. The van der Waals surface area contributed by atoms with Crippen molar-refractivity contribution in [2.24, 2.45) is 0 Å². The van der Waals surface area contributed by atoms with Crippen molar-refractivity contribution in [3.8, 4) is 0 Å². The molecule has 0 aliphatic rings. The third kappa shape index (κ3) is 4.84. The lowest BCUT2D eigenvalue weighted by atomic mass is 10.2. The van der Waals surface area contributed by atoms with E-state index in [0.717, 1.165) is 10.0 Å². The van der Waals surface area contributed by atoms with Crippen LogP contribution in [0.5, 0.6) is 0 Å². The Hall–Kier alpha value is -1.66. The number of amides is 1. The van der Waals surface area contributed by atoms with E-state index < -0.39 is 24.5 Å². The lowest BCUT2D eigenvalue weighted by molar-refractivity contribution is -0.145. The number of nitrogens with one attached hydrogen (secondary N) is 1. The molecular weight excluding hydrogens is 314 g/mol. The highest BCUT2D eigenvalue weighted by Crippen LogP contribution is 2.16. The van der Waals surface area contributed by atoms with Gasteiger partial charge in [-0.3, -0.25) is 4.79 Å². The number of aliphatic hydroxyl groups excluding tert-OH is 1. The van der Waals surface area contributed by atoms with E-state index in [0.29, 0.717) is 0 Å². The van der Waals surface area contributed by atoms with Crippen LogP contribution < -0.4 is 5.32 Å². The highest BCUT2D eigenvalue weighted by molar-refractivity contribution is 9.10. The predicted molar refractivity (Wildman–Crippen MR) is 74.2 cm³/mol. The number of rotatable bonds is 5. The normalized spacial score (nSPS) is 12.2. The quantitative estimate of drug-likeness (QED) is 0.627. The first kappa shape index (κ1) is 15.4. The number of carbonyl (C=O) groups is 2. The van der Waals surface area contributed by atoms with E-state index in [-0.39, 0.29) is 0 Å². The number of ether oxygens (including phenoxy) is 1. The van der Waals surface area contributed by atoms with Gasteiger partial charge in [0.25, 0.3) is 0 Å². The van der Waals surface area contributed by atoms with Crippen LogP contribution in [0.4, 0.5) is 0 Å². The zero-order chi connectivity index (χ0) is 14.3. The Kier molecular flexibility index (Phi) is 6.24.